The highest BCUT2D eigenvalue weighted by atomic mass is 16.5. The Morgan fingerprint density at radius 2 is 1.33 bits per heavy atom. The first-order valence-electron chi connectivity index (χ1n) is 17.2. The molecule has 2 heterocycles. The molecule has 0 unspecified atom stereocenters. The number of aromatic nitrogens is 2. The maximum absolute atomic E-state index is 11.6. The first kappa shape index (κ1) is 36.5. The van der Waals surface area contributed by atoms with Crippen LogP contribution in [0.4, 0.5) is 0 Å². The molecule has 0 aliphatic heterocycles. The van der Waals surface area contributed by atoms with Crippen molar-refractivity contribution in [2.75, 3.05) is 20.2 Å². The Labute approximate surface area is 287 Å². The molecule has 4 rings (SSSR count). The van der Waals surface area contributed by atoms with Crippen molar-refractivity contribution in [3.05, 3.63) is 123 Å². The molecule has 0 radical (unpaired) electrons. The molecule has 0 spiro atoms. The Balaban J connectivity index is 1.72. The van der Waals surface area contributed by atoms with Gasteiger partial charge in [0.1, 0.15) is 17.2 Å². The summed E-state index contributed by atoms with van der Waals surface area (Å²) in [5.41, 5.74) is 11.5. The zero-order valence-corrected chi connectivity index (χ0v) is 29.7. The molecule has 0 atom stereocenters. The molecular weight excluding hydrogens is 596 g/mol. The summed E-state index contributed by atoms with van der Waals surface area (Å²) in [5.74, 6) is 1.24. The van der Waals surface area contributed by atoms with Gasteiger partial charge in [0.2, 0.25) is 0 Å². The molecule has 7 nitrogen and oxygen atoms in total. The number of rotatable bonds is 18. The van der Waals surface area contributed by atoms with Crippen LogP contribution >= 0.6 is 0 Å². The molecule has 0 fully saturated rings. The van der Waals surface area contributed by atoms with E-state index in [1.54, 1.807) is 13.2 Å². The summed E-state index contributed by atoms with van der Waals surface area (Å²) in [7, 11) is 1.76. The van der Waals surface area contributed by atoms with Gasteiger partial charge in [-0.25, -0.2) is 4.98 Å². The Kier molecular flexibility index (Phi) is 13.5. The number of aldehydes is 1. The summed E-state index contributed by atoms with van der Waals surface area (Å²) in [5, 5.41) is 10.5. The molecule has 0 saturated heterocycles. The number of pyridine rings is 2. The molecule has 4 aromatic rings. The van der Waals surface area contributed by atoms with Crippen LogP contribution in [0.2, 0.25) is 0 Å². The number of allylic oxidation sites excluding steroid dienone is 1. The van der Waals surface area contributed by atoms with Crippen molar-refractivity contribution in [2.45, 2.75) is 86.5 Å². The lowest BCUT2D eigenvalue weighted by molar-refractivity contribution is 0.111. The largest absolute Gasteiger partial charge is 0.508 e. The number of methoxy groups -OCH3 is 1. The Morgan fingerprint density at radius 3 is 1.88 bits per heavy atom. The third kappa shape index (κ3) is 9.61. The van der Waals surface area contributed by atoms with Crippen LogP contribution in [0, 0.1) is 0 Å². The third-order valence-electron chi connectivity index (χ3n) is 9.01. The Bertz CT molecular complexity index is 1650. The van der Waals surface area contributed by atoms with Gasteiger partial charge in [0.25, 0.3) is 0 Å². The summed E-state index contributed by atoms with van der Waals surface area (Å²) >= 11 is 0. The molecule has 0 amide bonds. The summed E-state index contributed by atoms with van der Waals surface area (Å²) < 4.78 is 5.98. The number of phenols is 1. The number of benzene rings is 2. The van der Waals surface area contributed by atoms with E-state index in [9.17, 15) is 9.90 Å². The lowest BCUT2D eigenvalue weighted by atomic mass is 9.96. The molecule has 254 valence electrons. The summed E-state index contributed by atoms with van der Waals surface area (Å²) in [6.07, 6.45) is 4.33. The molecule has 2 aromatic carbocycles. The standard InChI is InChI=1S/C41H52N4O3/c1-8-30-20-31(9-2)39(41(21-30)48-7)27-45(25-35-15-13-17-40(43-35)29(5)6)19-18-44(24-34-14-12-16-36(28-46)42-34)26-38-32(10-3)22-37(47)23-33(38)11-4/h12-17,20-23,28,47H,5,8-11,18-19,24-27H2,1-4,6-7H3. The molecule has 0 saturated carbocycles. The van der Waals surface area contributed by atoms with E-state index >= 15 is 0 Å². The first-order chi connectivity index (χ1) is 23.2. The van der Waals surface area contributed by atoms with Crippen molar-refractivity contribution < 1.29 is 14.6 Å². The van der Waals surface area contributed by atoms with E-state index < -0.39 is 0 Å². The minimum atomic E-state index is 0.310. The van der Waals surface area contributed by atoms with Crippen molar-refractivity contribution in [1.82, 2.24) is 19.8 Å². The number of aromatic hydroxyl groups is 1. The number of ether oxygens (including phenoxy) is 1. The van der Waals surface area contributed by atoms with Crippen molar-refractivity contribution in [1.29, 1.82) is 0 Å². The SMILES string of the molecule is C=C(C)c1cccc(CN(CCN(Cc2cccc(C=O)n2)Cc2c(CC)cc(O)cc2CC)Cc2c(CC)cc(CC)cc2OC)n1. The molecule has 2 aromatic heterocycles. The van der Waals surface area contributed by atoms with E-state index in [0.717, 1.165) is 84.6 Å². The van der Waals surface area contributed by atoms with Crippen LogP contribution in [0.25, 0.3) is 5.57 Å². The average Bonchev–Trinajstić information content (AvgIpc) is 3.10. The molecule has 0 bridgehead atoms. The molecule has 0 aliphatic rings. The fraction of sp³-hybridized carbons (Fsp3) is 0.390. The molecular formula is C41H52N4O3. The van der Waals surface area contributed by atoms with Gasteiger partial charge in [0.15, 0.2) is 6.29 Å². The monoisotopic (exact) mass is 648 g/mol. The third-order valence-corrected chi connectivity index (χ3v) is 9.01. The highest BCUT2D eigenvalue weighted by Gasteiger charge is 2.20. The second kappa shape index (κ2) is 17.7. The highest BCUT2D eigenvalue weighted by Crippen LogP contribution is 2.29. The number of aryl methyl sites for hydroxylation is 4. The van der Waals surface area contributed by atoms with Crippen molar-refractivity contribution in [3.8, 4) is 11.5 Å². The minimum absolute atomic E-state index is 0.310. The van der Waals surface area contributed by atoms with Gasteiger partial charge in [-0.15, -0.1) is 0 Å². The van der Waals surface area contributed by atoms with Gasteiger partial charge in [-0.1, -0.05) is 52.5 Å². The molecule has 1 N–H and O–H groups in total. The first-order valence-corrected chi connectivity index (χ1v) is 17.2. The Hall–Kier alpha value is -4.33. The maximum atomic E-state index is 11.6. The molecule has 0 aliphatic carbocycles. The van der Waals surface area contributed by atoms with E-state index in [1.165, 1.54) is 22.3 Å². The number of phenolic OH excluding ortho intramolecular Hbond substituents is 1. The van der Waals surface area contributed by atoms with Gasteiger partial charge in [-0.3, -0.25) is 19.6 Å². The van der Waals surface area contributed by atoms with Crippen LogP contribution in [0.3, 0.4) is 0 Å². The van der Waals surface area contributed by atoms with Crippen molar-refractivity contribution >= 4 is 11.9 Å². The molecule has 48 heavy (non-hydrogen) atoms. The van der Waals surface area contributed by atoms with Crippen LogP contribution in [0.5, 0.6) is 11.5 Å². The fourth-order valence-corrected chi connectivity index (χ4v) is 6.33. The smallest absolute Gasteiger partial charge is 0.168 e. The van der Waals surface area contributed by atoms with E-state index in [0.29, 0.717) is 37.6 Å². The van der Waals surface area contributed by atoms with Gasteiger partial charge in [-0.2, -0.15) is 0 Å². The quantitative estimate of drug-likeness (QED) is 0.110. The van der Waals surface area contributed by atoms with Gasteiger partial charge in [0, 0.05) is 44.8 Å². The maximum Gasteiger partial charge on any atom is 0.168 e. The lowest BCUT2D eigenvalue weighted by Gasteiger charge is -2.30. The van der Waals surface area contributed by atoms with Crippen LogP contribution in [-0.2, 0) is 51.9 Å². The topological polar surface area (TPSA) is 78.8 Å². The second-order valence-electron chi connectivity index (χ2n) is 12.5. The number of hydrogen-bond donors (Lipinski definition) is 1. The van der Waals surface area contributed by atoms with Crippen molar-refractivity contribution in [2.24, 2.45) is 0 Å². The minimum Gasteiger partial charge on any atom is -0.508 e. The number of carbonyl (C=O) groups excluding carboxylic acids is 1. The number of hydrogen-bond acceptors (Lipinski definition) is 7. The average molecular weight is 649 g/mol. The number of nitrogens with zero attached hydrogens (tertiary/aromatic N) is 4. The van der Waals surface area contributed by atoms with Gasteiger partial charge in [0.05, 0.1) is 24.2 Å². The van der Waals surface area contributed by atoms with E-state index in [4.69, 9.17) is 9.72 Å². The zero-order chi connectivity index (χ0) is 34.6. The highest BCUT2D eigenvalue weighted by molar-refractivity contribution is 5.71. The van der Waals surface area contributed by atoms with Crippen LogP contribution in [-0.4, -0.2) is 51.4 Å². The van der Waals surface area contributed by atoms with Gasteiger partial charge < -0.3 is 9.84 Å². The lowest BCUT2D eigenvalue weighted by Crippen LogP contribution is -2.35. The second-order valence-corrected chi connectivity index (χ2v) is 12.5. The normalized spacial score (nSPS) is 11.3. The Morgan fingerprint density at radius 1 is 0.771 bits per heavy atom. The fourth-order valence-electron chi connectivity index (χ4n) is 6.33. The number of carbonyl (C=O) groups is 1. The zero-order valence-electron chi connectivity index (χ0n) is 29.7. The van der Waals surface area contributed by atoms with Gasteiger partial charge >= 0.3 is 0 Å². The van der Waals surface area contributed by atoms with Crippen molar-refractivity contribution in [3.63, 3.8) is 0 Å². The predicted molar refractivity (Wildman–Crippen MR) is 195 cm³/mol. The summed E-state index contributed by atoms with van der Waals surface area (Å²) in [6, 6.07) is 20.0. The predicted octanol–water partition coefficient (Wildman–Crippen LogP) is 7.99. The van der Waals surface area contributed by atoms with Crippen LogP contribution in [0.1, 0.15) is 95.6 Å². The van der Waals surface area contributed by atoms with Crippen LogP contribution < -0.4 is 4.74 Å². The summed E-state index contributed by atoms with van der Waals surface area (Å²) in [6.45, 7) is 18.9. The van der Waals surface area contributed by atoms with E-state index in [1.807, 2.05) is 37.3 Å². The summed E-state index contributed by atoms with van der Waals surface area (Å²) in [4.78, 5) is 26.0. The molecule has 7 heteroatoms. The van der Waals surface area contributed by atoms with E-state index in [-0.39, 0.29) is 0 Å². The van der Waals surface area contributed by atoms with Gasteiger partial charge in [-0.05, 0) is 108 Å². The van der Waals surface area contributed by atoms with Crippen LogP contribution in [0.15, 0.2) is 67.2 Å². The van der Waals surface area contributed by atoms with E-state index in [2.05, 4.69) is 73.3 Å².